The molecule has 1 aromatic heterocycles. The first-order valence-corrected chi connectivity index (χ1v) is 5.54. The van der Waals surface area contributed by atoms with Crippen LogP contribution in [0.4, 0.5) is 0 Å². The van der Waals surface area contributed by atoms with Gasteiger partial charge in [0.15, 0.2) is 0 Å². The maximum absolute atomic E-state index is 12.1. The second-order valence-corrected chi connectivity index (χ2v) is 4.39. The van der Waals surface area contributed by atoms with E-state index in [9.17, 15) is 4.79 Å². The minimum Gasteiger partial charge on any atom is -0.337 e. The van der Waals surface area contributed by atoms with Gasteiger partial charge in [-0.25, -0.2) is 0 Å². The Labute approximate surface area is 95.9 Å². The summed E-state index contributed by atoms with van der Waals surface area (Å²) in [5, 5.41) is 0. The molecule has 1 aliphatic heterocycles. The van der Waals surface area contributed by atoms with E-state index in [1.165, 1.54) is 0 Å². The molecule has 0 radical (unpaired) electrons. The summed E-state index contributed by atoms with van der Waals surface area (Å²) in [6, 6.07) is 4.03. The number of rotatable bonds is 2. The maximum Gasteiger partial charge on any atom is 0.254 e. The predicted octanol–water partition coefficient (Wildman–Crippen LogP) is 0.858. The van der Waals surface area contributed by atoms with Crippen molar-refractivity contribution in [1.29, 1.82) is 0 Å². The Morgan fingerprint density at radius 3 is 2.69 bits per heavy atom. The van der Waals surface area contributed by atoms with E-state index in [1.807, 2.05) is 4.90 Å². The lowest BCUT2D eigenvalue weighted by Crippen LogP contribution is -2.34. The van der Waals surface area contributed by atoms with Crippen molar-refractivity contribution in [3.63, 3.8) is 0 Å². The van der Waals surface area contributed by atoms with Gasteiger partial charge in [-0.05, 0) is 32.6 Å². The molecule has 1 fully saturated rings. The van der Waals surface area contributed by atoms with Crippen LogP contribution in [0.3, 0.4) is 0 Å². The van der Waals surface area contributed by atoms with Crippen molar-refractivity contribution in [3.05, 3.63) is 30.1 Å². The molecule has 4 nitrogen and oxygen atoms in total. The summed E-state index contributed by atoms with van der Waals surface area (Å²) in [6.45, 7) is 1.68. The lowest BCUT2D eigenvalue weighted by Gasteiger charge is -2.20. The summed E-state index contributed by atoms with van der Waals surface area (Å²) in [7, 11) is 4.12. The largest absolute Gasteiger partial charge is 0.337 e. The first-order valence-electron chi connectivity index (χ1n) is 5.54. The standard InChI is InChI=1S/C12H17N3O/c1-14(2)11-5-8-15(9-11)12(16)10-3-6-13-7-4-10/h3-4,6-7,11H,5,8-9H2,1-2H3/t11-/m1/s1. The van der Waals surface area contributed by atoms with Gasteiger partial charge in [0.05, 0.1) is 0 Å². The summed E-state index contributed by atoms with van der Waals surface area (Å²) >= 11 is 0. The number of hydrogen-bond acceptors (Lipinski definition) is 3. The minimum absolute atomic E-state index is 0.117. The molecule has 86 valence electrons. The van der Waals surface area contributed by atoms with Crippen LogP contribution in [0.25, 0.3) is 0 Å². The van der Waals surface area contributed by atoms with Gasteiger partial charge in [-0.2, -0.15) is 0 Å². The normalized spacial score (nSPS) is 20.4. The number of carbonyl (C=O) groups is 1. The minimum atomic E-state index is 0.117. The van der Waals surface area contributed by atoms with Crippen LogP contribution >= 0.6 is 0 Å². The van der Waals surface area contributed by atoms with Crippen LogP contribution in [0.1, 0.15) is 16.8 Å². The van der Waals surface area contributed by atoms with Crippen LogP contribution in [0.15, 0.2) is 24.5 Å². The molecule has 0 aromatic carbocycles. The van der Waals surface area contributed by atoms with Crippen LogP contribution in [0.5, 0.6) is 0 Å². The molecular weight excluding hydrogens is 202 g/mol. The zero-order chi connectivity index (χ0) is 11.5. The highest BCUT2D eigenvalue weighted by Crippen LogP contribution is 2.15. The Hall–Kier alpha value is -1.42. The molecule has 16 heavy (non-hydrogen) atoms. The molecule has 0 saturated carbocycles. The van der Waals surface area contributed by atoms with E-state index in [-0.39, 0.29) is 5.91 Å². The number of likely N-dealkylation sites (N-methyl/N-ethyl adjacent to an activating group) is 1. The van der Waals surface area contributed by atoms with Gasteiger partial charge >= 0.3 is 0 Å². The number of carbonyl (C=O) groups excluding carboxylic acids is 1. The van der Waals surface area contributed by atoms with Crippen LogP contribution in [0.2, 0.25) is 0 Å². The number of hydrogen-bond donors (Lipinski definition) is 0. The van der Waals surface area contributed by atoms with E-state index in [0.717, 1.165) is 25.1 Å². The number of aromatic nitrogens is 1. The van der Waals surface area contributed by atoms with Gasteiger partial charge in [0, 0.05) is 37.1 Å². The Balaban J connectivity index is 2.03. The van der Waals surface area contributed by atoms with Crippen LogP contribution in [-0.4, -0.2) is 53.9 Å². The smallest absolute Gasteiger partial charge is 0.254 e. The first-order chi connectivity index (χ1) is 7.68. The number of nitrogens with zero attached hydrogens (tertiary/aromatic N) is 3. The fourth-order valence-corrected chi connectivity index (χ4v) is 2.02. The third kappa shape index (κ3) is 2.22. The van der Waals surface area contributed by atoms with Gasteiger partial charge in [-0.3, -0.25) is 9.78 Å². The molecule has 1 aliphatic rings. The molecule has 4 heteroatoms. The predicted molar refractivity (Wildman–Crippen MR) is 62.2 cm³/mol. The number of likely N-dealkylation sites (tertiary alicyclic amines) is 1. The SMILES string of the molecule is CN(C)[C@@H]1CCN(C(=O)c2ccncc2)C1. The molecule has 0 spiro atoms. The second-order valence-electron chi connectivity index (χ2n) is 4.39. The van der Waals surface area contributed by atoms with Crippen molar-refractivity contribution in [2.75, 3.05) is 27.2 Å². The maximum atomic E-state index is 12.1. The topological polar surface area (TPSA) is 36.4 Å². The van der Waals surface area contributed by atoms with E-state index in [2.05, 4.69) is 24.0 Å². The van der Waals surface area contributed by atoms with E-state index in [4.69, 9.17) is 0 Å². The second kappa shape index (κ2) is 4.61. The van der Waals surface area contributed by atoms with Crippen molar-refractivity contribution in [2.24, 2.45) is 0 Å². The highest BCUT2D eigenvalue weighted by Gasteiger charge is 2.27. The molecule has 1 amide bonds. The molecule has 0 bridgehead atoms. The van der Waals surface area contributed by atoms with Gasteiger partial charge in [0.2, 0.25) is 0 Å². The summed E-state index contributed by atoms with van der Waals surface area (Å²) in [6.07, 6.45) is 4.38. The first kappa shape index (κ1) is 11.1. The molecular formula is C12H17N3O. The molecule has 1 aromatic rings. The molecule has 2 heterocycles. The molecule has 0 unspecified atom stereocenters. The fraction of sp³-hybridized carbons (Fsp3) is 0.500. The molecule has 1 atom stereocenters. The average molecular weight is 219 g/mol. The van der Waals surface area contributed by atoms with Gasteiger partial charge in [0.1, 0.15) is 0 Å². The average Bonchev–Trinajstić information content (AvgIpc) is 2.78. The highest BCUT2D eigenvalue weighted by molar-refractivity contribution is 5.94. The summed E-state index contributed by atoms with van der Waals surface area (Å²) in [4.78, 5) is 20.1. The van der Waals surface area contributed by atoms with Gasteiger partial charge in [-0.15, -0.1) is 0 Å². The highest BCUT2D eigenvalue weighted by atomic mass is 16.2. The van der Waals surface area contributed by atoms with Crippen LogP contribution < -0.4 is 0 Å². The summed E-state index contributed by atoms with van der Waals surface area (Å²) in [5.74, 6) is 0.117. The Kier molecular flexibility index (Phi) is 3.19. The Morgan fingerprint density at radius 2 is 2.12 bits per heavy atom. The molecule has 0 aliphatic carbocycles. The molecule has 0 N–H and O–H groups in total. The van der Waals surface area contributed by atoms with E-state index in [1.54, 1.807) is 24.5 Å². The third-order valence-electron chi connectivity index (χ3n) is 3.11. The zero-order valence-corrected chi connectivity index (χ0v) is 9.76. The summed E-state index contributed by atoms with van der Waals surface area (Å²) in [5.41, 5.74) is 0.731. The quantitative estimate of drug-likeness (QED) is 0.740. The molecule has 1 saturated heterocycles. The lowest BCUT2D eigenvalue weighted by molar-refractivity contribution is 0.0783. The van der Waals surface area contributed by atoms with E-state index < -0.39 is 0 Å². The van der Waals surface area contributed by atoms with Crippen molar-refractivity contribution < 1.29 is 4.79 Å². The van der Waals surface area contributed by atoms with Crippen molar-refractivity contribution in [1.82, 2.24) is 14.8 Å². The molecule has 2 rings (SSSR count). The Morgan fingerprint density at radius 1 is 1.44 bits per heavy atom. The van der Waals surface area contributed by atoms with E-state index >= 15 is 0 Å². The monoisotopic (exact) mass is 219 g/mol. The number of amides is 1. The zero-order valence-electron chi connectivity index (χ0n) is 9.76. The van der Waals surface area contributed by atoms with E-state index in [0.29, 0.717) is 6.04 Å². The number of pyridine rings is 1. The van der Waals surface area contributed by atoms with Crippen LogP contribution in [-0.2, 0) is 0 Å². The van der Waals surface area contributed by atoms with Gasteiger partial charge < -0.3 is 9.80 Å². The van der Waals surface area contributed by atoms with Gasteiger partial charge in [-0.1, -0.05) is 0 Å². The van der Waals surface area contributed by atoms with Gasteiger partial charge in [0.25, 0.3) is 5.91 Å². The third-order valence-corrected chi connectivity index (χ3v) is 3.11. The van der Waals surface area contributed by atoms with Crippen LogP contribution in [0, 0.1) is 0 Å². The van der Waals surface area contributed by atoms with Crippen molar-refractivity contribution in [3.8, 4) is 0 Å². The summed E-state index contributed by atoms with van der Waals surface area (Å²) < 4.78 is 0. The fourth-order valence-electron chi connectivity index (χ4n) is 2.02. The lowest BCUT2D eigenvalue weighted by atomic mass is 10.2. The van der Waals surface area contributed by atoms with Crippen molar-refractivity contribution in [2.45, 2.75) is 12.5 Å². The Bertz CT molecular complexity index is 364. The van der Waals surface area contributed by atoms with Crippen molar-refractivity contribution >= 4 is 5.91 Å².